The maximum absolute atomic E-state index is 10.9. The van der Waals surface area contributed by atoms with Crippen LogP contribution in [0.1, 0.15) is 0 Å². The average Bonchev–Trinajstić information content (AvgIpc) is 2.76. The van der Waals surface area contributed by atoms with Crippen LogP contribution in [-0.2, 0) is 0 Å². The van der Waals surface area contributed by atoms with Crippen LogP contribution in [-0.4, -0.2) is 19.4 Å². The van der Waals surface area contributed by atoms with Gasteiger partial charge in [0.2, 0.25) is 0 Å². The second-order valence-corrected chi connectivity index (χ2v) is 3.30. The van der Waals surface area contributed by atoms with Crippen molar-refractivity contribution >= 4 is 11.6 Å². The van der Waals surface area contributed by atoms with E-state index < -0.39 is 32.2 Å². The van der Waals surface area contributed by atoms with E-state index in [4.69, 9.17) is 17.7 Å². The molecule has 0 radical (unpaired) electrons. The van der Waals surface area contributed by atoms with Crippen LogP contribution >= 0.6 is 0 Å². The fourth-order valence-corrected chi connectivity index (χ4v) is 1.75. The Bertz CT molecular complexity index is 884. The molecule has 0 N–H and O–H groups in total. The third-order valence-corrected chi connectivity index (χ3v) is 2.39. The molecule has 0 aliphatic carbocycles. The second kappa shape index (κ2) is 2.39. The molecule has 0 spiro atoms. The molecule has 0 aromatic carbocycles. The summed E-state index contributed by atoms with van der Waals surface area (Å²) in [4.78, 5) is 21.8. The van der Waals surface area contributed by atoms with E-state index in [1.54, 1.807) is 0 Å². The van der Waals surface area contributed by atoms with Gasteiger partial charge in [0.05, 0.1) is 0 Å². The Kier molecular flexibility index (Phi) is 1.18. The Morgan fingerprint density at radius 2 is 1.00 bits per heavy atom. The fraction of sp³-hybridized carbons (Fsp3) is 0. The number of nitro groups is 2. The minimum absolute atomic E-state index is 0.318. The van der Waals surface area contributed by atoms with Gasteiger partial charge in [0.25, 0.3) is 0 Å². The van der Waals surface area contributed by atoms with Gasteiger partial charge in [-0.05, 0) is 0 Å². The van der Waals surface area contributed by atoms with Crippen molar-refractivity contribution in [2.24, 2.45) is 0 Å². The van der Waals surface area contributed by atoms with Crippen LogP contribution in [0, 0.1) is 42.4 Å². The van der Waals surface area contributed by atoms with Crippen molar-refractivity contribution in [1.82, 2.24) is 9.35 Å². The average molecular weight is 256 g/mol. The van der Waals surface area contributed by atoms with Crippen molar-refractivity contribution in [2.45, 2.75) is 0 Å². The lowest BCUT2D eigenvalue weighted by Crippen LogP contribution is -2.20. The molecule has 0 atom stereocenters. The van der Waals surface area contributed by atoms with Crippen molar-refractivity contribution < 1.29 is 27.7 Å². The number of hydrogen-bond acceptors (Lipinski definition) is 8. The summed E-state index contributed by atoms with van der Waals surface area (Å²) < 4.78 is 20.6. The van der Waals surface area contributed by atoms with Crippen LogP contribution in [0.15, 0.2) is 17.7 Å². The molecule has 6 bridgehead atoms. The molecule has 5 rings (SSSR count). The lowest BCUT2D eigenvalue weighted by molar-refractivity contribution is -0.562. The first-order valence-corrected chi connectivity index (χ1v) is 4.41. The summed E-state index contributed by atoms with van der Waals surface area (Å²) in [6.45, 7) is 0. The quantitative estimate of drug-likeness (QED) is 0.368. The molecule has 2 aromatic heterocycles. The Labute approximate surface area is 92.1 Å². The van der Waals surface area contributed by atoms with Gasteiger partial charge in [0, 0.05) is 9.35 Å². The van der Waals surface area contributed by atoms with E-state index in [-0.39, 0.29) is 11.6 Å². The molecule has 0 saturated heterocycles. The lowest BCUT2D eigenvalue weighted by atomic mass is 10.7. The Hall–Kier alpha value is -3.18. The summed E-state index contributed by atoms with van der Waals surface area (Å²) >= 11 is 0. The van der Waals surface area contributed by atoms with E-state index in [1.807, 2.05) is 0 Å². The van der Waals surface area contributed by atoms with Gasteiger partial charge < -0.3 is 17.7 Å². The maximum atomic E-state index is 10.9. The highest BCUT2D eigenvalue weighted by Gasteiger charge is 2.32. The first kappa shape index (κ1) is 8.91. The van der Waals surface area contributed by atoms with Crippen LogP contribution < -0.4 is 0 Å². The normalized spacial score (nSPS) is 12.2. The van der Waals surface area contributed by atoms with E-state index in [0.717, 1.165) is 0 Å². The maximum Gasteiger partial charge on any atom is 0.379 e. The standard InChI is InChI=1S/C6N4O8/c11-9(12)7-1-2-8(10(13)14)4-3(7)17-6(18-4)5(15-1)16-2. The van der Waals surface area contributed by atoms with Gasteiger partial charge in [-0.3, -0.25) is 0 Å². The summed E-state index contributed by atoms with van der Waals surface area (Å²) in [7, 11) is 0. The number of nitrogens with zero attached hydrogens (tertiary/aromatic N) is 4. The predicted octanol–water partition coefficient (Wildman–Crippen LogP) is 0.344. The van der Waals surface area contributed by atoms with E-state index >= 15 is 0 Å². The molecule has 0 unspecified atom stereocenters. The van der Waals surface area contributed by atoms with Gasteiger partial charge in [-0.1, -0.05) is 0 Å². The van der Waals surface area contributed by atoms with Gasteiger partial charge in [0.15, 0.2) is 10.1 Å². The summed E-state index contributed by atoms with van der Waals surface area (Å²) in [6, 6.07) is 0. The van der Waals surface area contributed by atoms with E-state index in [1.165, 1.54) is 0 Å². The van der Waals surface area contributed by atoms with Crippen LogP contribution in [0.25, 0.3) is 11.6 Å². The molecule has 2 aromatic rings. The first-order chi connectivity index (χ1) is 8.58. The zero-order valence-corrected chi connectivity index (χ0v) is 8.05. The zero-order valence-electron chi connectivity index (χ0n) is 8.05. The third kappa shape index (κ3) is 0.751. The van der Waals surface area contributed by atoms with Crippen molar-refractivity contribution in [3.8, 4) is 0 Å². The molecule has 92 valence electrons. The summed E-state index contributed by atoms with van der Waals surface area (Å²) in [5, 5.41) is 20.1. The van der Waals surface area contributed by atoms with Crippen molar-refractivity contribution in [3.05, 3.63) is 42.4 Å². The lowest BCUT2D eigenvalue weighted by Gasteiger charge is -1.94. The SMILES string of the molecule is O=[N+]([O-])n1c2oc3oc=2n([N+](=O)[O-])c2oc3oc1=2. The van der Waals surface area contributed by atoms with E-state index in [2.05, 4.69) is 0 Å². The van der Waals surface area contributed by atoms with Crippen LogP contribution in [0.2, 0.25) is 0 Å². The predicted molar refractivity (Wildman–Crippen MR) is 44.4 cm³/mol. The molecule has 0 amide bonds. The molecule has 3 aliphatic rings. The van der Waals surface area contributed by atoms with E-state index in [0.29, 0.717) is 9.35 Å². The molecular formula is C6N4O8. The second-order valence-electron chi connectivity index (χ2n) is 3.30. The topological polar surface area (TPSA) is 149 Å². The Morgan fingerprint density at radius 3 is 1.22 bits per heavy atom. The smallest absolute Gasteiger partial charge is 0.379 e. The number of hydrogen-bond donors (Lipinski definition) is 0. The highest BCUT2D eigenvalue weighted by atomic mass is 16.7. The summed E-state index contributed by atoms with van der Waals surface area (Å²) in [5.74, 6) is -0.637. The molecule has 3 aliphatic heterocycles. The van der Waals surface area contributed by atoms with Gasteiger partial charge in [-0.2, -0.15) is 0 Å². The summed E-state index contributed by atoms with van der Waals surface area (Å²) in [6.07, 6.45) is 0. The van der Waals surface area contributed by atoms with Gasteiger partial charge >= 0.3 is 33.7 Å². The molecular weight excluding hydrogens is 256 g/mol. The van der Waals surface area contributed by atoms with Gasteiger partial charge in [-0.15, -0.1) is 0 Å². The van der Waals surface area contributed by atoms with Crippen molar-refractivity contribution in [1.29, 1.82) is 0 Å². The Balaban J connectivity index is 2.53. The van der Waals surface area contributed by atoms with Crippen LogP contribution in [0.4, 0.5) is 0 Å². The summed E-state index contributed by atoms with van der Waals surface area (Å²) in [5.41, 5.74) is -1.82. The van der Waals surface area contributed by atoms with Gasteiger partial charge in [0.1, 0.15) is 0 Å². The molecule has 5 heterocycles. The zero-order chi connectivity index (χ0) is 12.6. The molecule has 18 heavy (non-hydrogen) atoms. The molecule has 12 nitrogen and oxygen atoms in total. The number of aromatic nitrogens is 2. The fourth-order valence-electron chi connectivity index (χ4n) is 1.75. The number of rotatable bonds is 2. The van der Waals surface area contributed by atoms with Gasteiger partial charge in [-0.25, -0.2) is 20.2 Å². The monoisotopic (exact) mass is 256 g/mol. The minimum Gasteiger partial charge on any atom is -0.393 e. The first-order valence-electron chi connectivity index (χ1n) is 4.41. The van der Waals surface area contributed by atoms with Crippen LogP contribution in [0.3, 0.4) is 0 Å². The highest BCUT2D eigenvalue weighted by molar-refractivity contribution is 5.51. The molecule has 0 fully saturated rings. The van der Waals surface area contributed by atoms with Crippen molar-refractivity contribution in [2.75, 3.05) is 0 Å². The van der Waals surface area contributed by atoms with E-state index in [9.17, 15) is 20.2 Å². The molecule has 12 heteroatoms. The molecule has 0 saturated carbocycles. The highest BCUT2D eigenvalue weighted by Crippen LogP contribution is 2.23. The Morgan fingerprint density at radius 1 is 0.722 bits per heavy atom. The third-order valence-electron chi connectivity index (χ3n) is 2.39. The van der Waals surface area contributed by atoms with Crippen LogP contribution in [0.5, 0.6) is 0 Å². The largest absolute Gasteiger partial charge is 0.393 e. The van der Waals surface area contributed by atoms with Crippen molar-refractivity contribution in [3.63, 3.8) is 0 Å². The minimum atomic E-state index is -0.869.